The molecule has 0 unspecified atom stereocenters. The predicted octanol–water partition coefficient (Wildman–Crippen LogP) is 4.46. The molecule has 0 spiro atoms. The number of ether oxygens (including phenoxy) is 3. The first-order valence-electron chi connectivity index (χ1n) is 10.7. The normalized spacial score (nSPS) is 15.5. The Morgan fingerprint density at radius 3 is 2.56 bits per heavy atom. The molecule has 11 heteroatoms. The van der Waals surface area contributed by atoms with Crippen LogP contribution in [0, 0.1) is 0 Å². The summed E-state index contributed by atoms with van der Waals surface area (Å²) in [5.74, 6) is 1.30. The SMILES string of the molecule is COc1ccc(-c2nnc(SCC(=O)Nc3ccc(OC(F)F)cc3)n2C[C@H]2CCCO2)cc1. The van der Waals surface area contributed by atoms with Crippen molar-refractivity contribution >= 4 is 23.4 Å². The highest BCUT2D eigenvalue weighted by molar-refractivity contribution is 7.99. The number of rotatable bonds is 10. The summed E-state index contributed by atoms with van der Waals surface area (Å²) in [5, 5.41) is 12.0. The highest BCUT2D eigenvalue weighted by Gasteiger charge is 2.22. The van der Waals surface area contributed by atoms with Gasteiger partial charge in [0.25, 0.3) is 0 Å². The van der Waals surface area contributed by atoms with Crippen LogP contribution < -0.4 is 14.8 Å². The van der Waals surface area contributed by atoms with Gasteiger partial charge < -0.3 is 19.5 Å². The topological polar surface area (TPSA) is 87.5 Å². The number of benzene rings is 2. The average molecular weight is 491 g/mol. The van der Waals surface area contributed by atoms with E-state index in [4.69, 9.17) is 9.47 Å². The summed E-state index contributed by atoms with van der Waals surface area (Å²) >= 11 is 1.27. The van der Waals surface area contributed by atoms with E-state index in [1.807, 2.05) is 28.8 Å². The third-order valence-electron chi connectivity index (χ3n) is 5.17. The van der Waals surface area contributed by atoms with Gasteiger partial charge in [0.2, 0.25) is 5.91 Å². The molecule has 34 heavy (non-hydrogen) atoms. The van der Waals surface area contributed by atoms with Crippen LogP contribution in [0.3, 0.4) is 0 Å². The molecule has 0 radical (unpaired) electrons. The fraction of sp³-hybridized carbons (Fsp3) is 0.348. The van der Waals surface area contributed by atoms with Crippen LogP contribution in [0.4, 0.5) is 14.5 Å². The number of nitrogens with zero attached hydrogens (tertiary/aromatic N) is 3. The number of halogens is 2. The highest BCUT2D eigenvalue weighted by Crippen LogP contribution is 2.28. The number of amides is 1. The van der Waals surface area contributed by atoms with E-state index in [1.54, 1.807) is 7.11 Å². The Morgan fingerprint density at radius 2 is 1.91 bits per heavy atom. The number of anilines is 1. The van der Waals surface area contributed by atoms with E-state index < -0.39 is 6.61 Å². The first-order chi connectivity index (χ1) is 16.5. The van der Waals surface area contributed by atoms with Gasteiger partial charge in [-0.1, -0.05) is 11.8 Å². The van der Waals surface area contributed by atoms with Gasteiger partial charge in [-0.2, -0.15) is 8.78 Å². The summed E-state index contributed by atoms with van der Waals surface area (Å²) in [6.45, 7) is -1.58. The number of hydrogen-bond acceptors (Lipinski definition) is 7. The second-order valence-corrected chi connectivity index (χ2v) is 8.46. The van der Waals surface area contributed by atoms with Gasteiger partial charge in [-0.3, -0.25) is 9.36 Å². The Bertz CT molecular complexity index is 1090. The summed E-state index contributed by atoms with van der Waals surface area (Å²) in [7, 11) is 1.61. The van der Waals surface area contributed by atoms with Crippen molar-refractivity contribution in [2.45, 2.75) is 37.3 Å². The molecule has 1 aliphatic rings. The van der Waals surface area contributed by atoms with E-state index in [2.05, 4.69) is 20.3 Å². The van der Waals surface area contributed by atoms with E-state index in [-0.39, 0.29) is 23.5 Å². The van der Waals surface area contributed by atoms with E-state index in [1.165, 1.54) is 36.0 Å². The second-order valence-electron chi connectivity index (χ2n) is 7.52. The fourth-order valence-corrected chi connectivity index (χ4v) is 4.30. The maximum atomic E-state index is 12.5. The van der Waals surface area contributed by atoms with Gasteiger partial charge in [-0.05, 0) is 61.4 Å². The molecular formula is C23H24F2N4O4S. The molecule has 1 atom stereocenters. The lowest BCUT2D eigenvalue weighted by Gasteiger charge is -2.15. The molecular weight excluding hydrogens is 466 g/mol. The Kier molecular flexibility index (Phi) is 7.96. The maximum Gasteiger partial charge on any atom is 0.387 e. The third kappa shape index (κ3) is 6.23. The zero-order chi connectivity index (χ0) is 23.9. The van der Waals surface area contributed by atoms with Gasteiger partial charge in [0, 0.05) is 17.9 Å². The number of methoxy groups -OCH3 is 1. The van der Waals surface area contributed by atoms with Crippen LogP contribution in [0.25, 0.3) is 11.4 Å². The molecule has 1 N–H and O–H groups in total. The Hall–Kier alpha value is -3.18. The molecule has 180 valence electrons. The smallest absolute Gasteiger partial charge is 0.387 e. The van der Waals surface area contributed by atoms with Crippen LogP contribution in [0.15, 0.2) is 53.7 Å². The molecule has 1 amide bonds. The Labute approximate surface area is 199 Å². The molecule has 1 aromatic heterocycles. The summed E-state index contributed by atoms with van der Waals surface area (Å²) in [5.41, 5.74) is 1.36. The molecule has 0 aliphatic carbocycles. The number of carbonyl (C=O) groups is 1. The minimum Gasteiger partial charge on any atom is -0.497 e. The molecule has 1 saturated heterocycles. The van der Waals surface area contributed by atoms with Crippen molar-refractivity contribution < 1.29 is 27.8 Å². The molecule has 2 aromatic carbocycles. The van der Waals surface area contributed by atoms with E-state index in [9.17, 15) is 13.6 Å². The van der Waals surface area contributed by atoms with Gasteiger partial charge in [0.1, 0.15) is 11.5 Å². The molecule has 1 fully saturated rings. The number of hydrogen-bond donors (Lipinski definition) is 1. The zero-order valence-corrected chi connectivity index (χ0v) is 19.3. The molecule has 0 saturated carbocycles. The summed E-state index contributed by atoms with van der Waals surface area (Å²) in [4.78, 5) is 12.5. The molecule has 2 heterocycles. The van der Waals surface area contributed by atoms with Crippen LogP contribution in [0.2, 0.25) is 0 Å². The van der Waals surface area contributed by atoms with Crippen molar-refractivity contribution in [3.8, 4) is 22.9 Å². The number of aromatic nitrogens is 3. The summed E-state index contributed by atoms with van der Waals surface area (Å²) in [6.07, 6.45) is 2.03. The van der Waals surface area contributed by atoms with Gasteiger partial charge in [-0.25, -0.2) is 0 Å². The van der Waals surface area contributed by atoms with Crippen LogP contribution in [-0.2, 0) is 16.1 Å². The van der Waals surface area contributed by atoms with Gasteiger partial charge in [0.05, 0.1) is 25.5 Å². The molecule has 0 bridgehead atoms. The van der Waals surface area contributed by atoms with Gasteiger partial charge >= 0.3 is 6.61 Å². The number of nitrogens with one attached hydrogen (secondary N) is 1. The first-order valence-corrected chi connectivity index (χ1v) is 11.7. The van der Waals surface area contributed by atoms with Crippen molar-refractivity contribution in [2.24, 2.45) is 0 Å². The number of alkyl halides is 2. The fourth-order valence-electron chi connectivity index (χ4n) is 3.55. The van der Waals surface area contributed by atoms with Crippen molar-refractivity contribution in [1.29, 1.82) is 0 Å². The molecule has 4 rings (SSSR count). The summed E-state index contributed by atoms with van der Waals surface area (Å²) in [6, 6.07) is 13.3. The summed E-state index contributed by atoms with van der Waals surface area (Å²) < 4.78 is 41.9. The van der Waals surface area contributed by atoms with Crippen LogP contribution in [0.5, 0.6) is 11.5 Å². The quantitative estimate of drug-likeness (QED) is 0.420. The maximum absolute atomic E-state index is 12.5. The largest absolute Gasteiger partial charge is 0.497 e. The Morgan fingerprint density at radius 1 is 1.18 bits per heavy atom. The lowest BCUT2D eigenvalue weighted by molar-refractivity contribution is -0.113. The van der Waals surface area contributed by atoms with E-state index in [0.717, 1.165) is 30.8 Å². The second kappa shape index (κ2) is 11.3. The van der Waals surface area contributed by atoms with Crippen LogP contribution in [0.1, 0.15) is 12.8 Å². The molecule has 8 nitrogen and oxygen atoms in total. The lowest BCUT2D eigenvalue weighted by Crippen LogP contribution is -2.18. The van der Waals surface area contributed by atoms with Crippen molar-refractivity contribution in [1.82, 2.24) is 14.8 Å². The van der Waals surface area contributed by atoms with Crippen molar-refractivity contribution in [3.63, 3.8) is 0 Å². The number of thioether (sulfide) groups is 1. The van der Waals surface area contributed by atoms with E-state index in [0.29, 0.717) is 23.2 Å². The van der Waals surface area contributed by atoms with Crippen molar-refractivity contribution in [3.05, 3.63) is 48.5 Å². The van der Waals surface area contributed by atoms with Gasteiger partial charge in [-0.15, -0.1) is 10.2 Å². The first kappa shape index (κ1) is 24.0. The van der Waals surface area contributed by atoms with Crippen LogP contribution >= 0.6 is 11.8 Å². The standard InChI is InChI=1S/C23H24F2N4O4S/c1-31-17-8-4-15(5-9-17)21-27-28-23(29(21)13-19-3-2-12-32-19)34-14-20(30)26-16-6-10-18(11-7-16)33-22(24)25/h4-11,19,22H,2-3,12-14H2,1H3,(H,26,30)/t19-/m1/s1. The van der Waals surface area contributed by atoms with Crippen LogP contribution in [-0.4, -0.2) is 52.9 Å². The predicted molar refractivity (Wildman–Crippen MR) is 123 cm³/mol. The monoisotopic (exact) mass is 490 g/mol. The number of carbonyl (C=O) groups excluding carboxylic acids is 1. The molecule has 3 aromatic rings. The molecule has 1 aliphatic heterocycles. The highest BCUT2D eigenvalue weighted by atomic mass is 32.2. The van der Waals surface area contributed by atoms with Gasteiger partial charge in [0.15, 0.2) is 11.0 Å². The Balaban J connectivity index is 1.44. The van der Waals surface area contributed by atoms with Crippen molar-refractivity contribution in [2.75, 3.05) is 24.8 Å². The zero-order valence-electron chi connectivity index (χ0n) is 18.4. The lowest BCUT2D eigenvalue weighted by atomic mass is 10.2. The van der Waals surface area contributed by atoms with E-state index >= 15 is 0 Å². The third-order valence-corrected chi connectivity index (χ3v) is 6.14. The minimum atomic E-state index is -2.90. The minimum absolute atomic E-state index is 0.0238. The average Bonchev–Trinajstić information content (AvgIpc) is 3.49.